The van der Waals surface area contributed by atoms with Crippen LogP contribution in [0.3, 0.4) is 0 Å². The van der Waals surface area contributed by atoms with Crippen LogP contribution in [0.2, 0.25) is 0 Å². The molecular weight excluding hydrogens is 270 g/mol. The van der Waals surface area contributed by atoms with Gasteiger partial charge in [0, 0.05) is 50.7 Å². The largest absolute Gasteiger partial charge is 0.342 e. The first-order valence-electron chi connectivity index (χ1n) is 7.29. The predicted octanol–water partition coefficient (Wildman–Crippen LogP) is 1.73. The van der Waals surface area contributed by atoms with E-state index in [9.17, 15) is 4.79 Å². The van der Waals surface area contributed by atoms with Crippen molar-refractivity contribution in [1.29, 1.82) is 0 Å². The van der Waals surface area contributed by atoms with Gasteiger partial charge in [0.15, 0.2) is 0 Å². The van der Waals surface area contributed by atoms with Crippen LogP contribution in [0.4, 0.5) is 0 Å². The lowest BCUT2D eigenvalue weighted by molar-refractivity contribution is -0.133. The molecule has 0 aliphatic carbocycles. The fraction of sp³-hybridized carbons (Fsp3) is 0.667. The van der Waals surface area contributed by atoms with E-state index in [0.29, 0.717) is 6.54 Å². The van der Waals surface area contributed by atoms with Gasteiger partial charge < -0.3 is 4.90 Å². The molecule has 5 heteroatoms. The Morgan fingerprint density at radius 1 is 1.30 bits per heavy atom. The van der Waals surface area contributed by atoms with Crippen molar-refractivity contribution < 1.29 is 4.79 Å². The van der Waals surface area contributed by atoms with Crippen molar-refractivity contribution in [3.05, 3.63) is 22.4 Å². The molecule has 0 bridgehead atoms. The maximum atomic E-state index is 12.1. The Labute approximate surface area is 126 Å². The van der Waals surface area contributed by atoms with E-state index in [1.165, 1.54) is 4.88 Å². The number of carbonyl (C=O) groups is 1. The predicted molar refractivity (Wildman–Crippen MR) is 83.9 cm³/mol. The van der Waals surface area contributed by atoms with Gasteiger partial charge in [0.05, 0.1) is 6.54 Å². The molecule has 0 unspecified atom stereocenters. The molecule has 1 aliphatic heterocycles. The van der Waals surface area contributed by atoms with Gasteiger partial charge in [0.1, 0.15) is 0 Å². The Hall–Kier alpha value is -0.910. The zero-order chi connectivity index (χ0) is 14.5. The highest BCUT2D eigenvalue weighted by atomic mass is 32.1. The second-order valence-corrected chi connectivity index (χ2v) is 6.76. The molecule has 2 rings (SSSR count). The summed E-state index contributed by atoms with van der Waals surface area (Å²) in [7, 11) is 1.89. The summed E-state index contributed by atoms with van der Waals surface area (Å²) in [5.41, 5.74) is 0. The van der Waals surface area contributed by atoms with E-state index in [-0.39, 0.29) is 11.9 Å². The van der Waals surface area contributed by atoms with E-state index in [2.05, 4.69) is 41.2 Å². The summed E-state index contributed by atoms with van der Waals surface area (Å²) in [5.74, 6) is 0.228. The van der Waals surface area contributed by atoms with Gasteiger partial charge in [0.2, 0.25) is 5.91 Å². The molecule has 112 valence electrons. The zero-order valence-corrected chi connectivity index (χ0v) is 13.5. The third kappa shape index (κ3) is 4.30. The maximum Gasteiger partial charge on any atom is 0.236 e. The van der Waals surface area contributed by atoms with Crippen molar-refractivity contribution in [2.75, 3.05) is 39.8 Å². The molecule has 0 aromatic carbocycles. The Kier molecular flexibility index (Phi) is 5.57. The SMILES string of the molecule is CC(C)N(C)C(=O)CN1CCN(Cc2cccs2)CC1. The van der Waals surface area contributed by atoms with E-state index in [1.54, 1.807) is 0 Å². The van der Waals surface area contributed by atoms with Crippen molar-refractivity contribution >= 4 is 17.2 Å². The van der Waals surface area contributed by atoms with Gasteiger partial charge in [-0.05, 0) is 25.3 Å². The molecule has 1 aromatic heterocycles. The summed E-state index contributed by atoms with van der Waals surface area (Å²) in [6.07, 6.45) is 0. The molecule has 1 aromatic rings. The number of thiophene rings is 1. The van der Waals surface area contributed by atoms with Gasteiger partial charge in [-0.2, -0.15) is 0 Å². The van der Waals surface area contributed by atoms with Gasteiger partial charge in [0.25, 0.3) is 0 Å². The molecule has 20 heavy (non-hydrogen) atoms. The summed E-state index contributed by atoms with van der Waals surface area (Å²) in [4.78, 5) is 20.1. The van der Waals surface area contributed by atoms with Gasteiger partial charge in [-0.15, -0.1) is 11.3 Å². The molecule has 1 aliphatic rings. The van der Waals surface area contributed by atoms with Crippen LogP contribution in [0.15, 0.2) is 17.5 Å². The number of hydrogen-bond donors (Lipinski definition) is 0. The van der Waals surface area contributed by atoms with Crippen LogP contribution < -0.4 is 0 Å². The summed E-state index contributed by atoms with van der Waals surface area (Å²) < 4.78 is 0. The number of rotatable bonds is 5. The van der Waals surface area contributed by atoms with Crippen LogP contribution in [0.1, 0.15) is 18.7 Å². The van der Waals surface area contributed by atoms with E-state index < -0.39 is 0 Å². The first-order chi connectivity index (χ1) is 9.56. The average Bonchev–Trinajstić information content (AvgIpc) is 2.92. The van der Waals surface area contributed by atoms with Crippen LogP contribution in [0.5, 0.6) is 0 Å². The molecule has 0 N–H and O–H groups in total. The summed E-state index contributed by atoms with van der Waals surface area (Å²) in [6.45, 7) is 9.79. The number of piperazine rings is 1. The second kappa shape index (κ2) is 7.20. The highest BCUT2D eigenvalue weighted by molar-refractivity contribution is 7.09. The number of carbonyl (C=O) groups excluding carboxylic acids is 1. The van der Waals surface area contributed by atoms with Crippen molar-refractivity contribution in [2.24, 2.45) is 0 Å². The lowest BCUT2D eigenvalue weighted by Crippen LogP contribution is -2.49. The standard InChI is InChI=1S/C15H25N3OS/c1-13(2)16(3)15(19)12-18-8-6-17(7-9-18)11-14-5-4-10-20-14/h4-5,10,13H,6-9,11-12H2,1-3H3. The summed E-state index contributed by atoms with van der Waals surface area (Å²) in [6, 6.07) is 4.58. The van der Waals surface area contributed by atoms with Crippen LogP contribution in [-0.4, -0.2) is 66.4 Å². The summed E-state index contributed by atoms with van der Waals surface area (Å²) in [5, 5.41) is 2.13. The normalized spacial score (nSPS) is 17.6. The van der Waals surface area contributed by atoms with Gasteiger partial charge in [-0.1, -0.05) is 6.07 Å². The first-order valence-corrected chi connectivity index (χ1v) is 8.17. The van der Waals surface area contributed by atoms with E-state index in [0.717, 1.165) is 32.7 Å². The minimum atomic E-state index is 0.228. The fourth-order valence-corrected chi connectivity index (χ4v) is 3.07. The molecule has 0 spiro atoms. The lowest BCUT2D eigenvalue weighted by atomic mass is 10.2. The molecule has 0 saturated carbocycles. The smallest absolute Gasteiger partial charge is 0.236 e. The fourth-order valence-electron chi connectivity index (χ4n) is 2.32. The Bertz CT molecular complexity index is 411. The van der Waals surface area contributed by atoms with Crippen LogP contribution in [0, 0.1) is 0 Å². The maximum absolute atomic E-state index is 12.1. The molecule has 0 atom stereocenters. The highest BCUT2D eigenvalue weighted by Crippen LogP contribution is 2.13. The quantitative estimate of drug-likeness (QED) is 0.828. The number of hydrogen-bond acceptors (Lipinski definition) is 4. The minimum absolute atomic E-state index is 0.228. The van der Waals surface area contributed by atoms with Crippen LogP contribution in [-0.2, 0) is 11.3 Å². The van der Waals surface area contributed by atoms with E-state index in [4.69, 9.17) is 0 Å². The third-order valence-electron chi connectivity index (χ3n) is 3.95. The van der Waals surface area contributed by atoms with Crippen LogP contribution >= 0.6 is 11.3 Å². The Morgan fingerprint density at radius 3 is 2.50 bits per heavy atom. The van der Waals surface area contributed by atoms with Crippen molar-refractivity contribution in [1.82, 2.24) is 14.7 Å². The zero-order valence-electron chi connectivity index (χ0n) is 12.7. The van der Waals surface area contributed by atoms with E-state index in [1.807, 2.05) is 23.3 Å². The monoisotopic (exact) mass is 295 g/mol. The first kappa shape index (κ1) is 15.5. The van der Waals surface area contributed by atoms with Gasteiger partial charge in [-0.25, -0.2) is 0 Å². The highest BCUT2D eigenvalue weighted by Gasteiger charge is 2.21. The number of amides is 1. The van der Waals surface area contributed by atoms with Crippen molar-refractivity contribution in [3.63, 3.8) is 0 Å². The van der Waals surface area contributed by atoms with E-state index >= 15 is 0 Å². The van der Waals surface area contributed by atoms with Gasteiger partial charge in [-0.3, -0.25) is 14.6 Å². The topological polar surface area (TPSA) is 26.8 Å². The number of nitrogens with zero attached hydrogens (tertiary/aromatic N) is 3. The minimum Gasteiger partial charge on any atom is -0.342 e. The molecule has 1 fully saturated rings. The Balaban J connectivity index is 1.73. The molecule has 1 amide bonds. The van der Waals surface area contributed by atoms with Crippen molar-refractivity contribution in [2.45, 2.75) is 26.4 Å². The lowest BCUT2D eigenvalue weighted by Gasteiger charge is -2.35. The molecule has 1 saturated heterocycles. The van der Waals surface area contributed by atoms with Crippen LogP contribution in [0.25, 0.3) is 0 Å². The molecule has 2 heterocycles. The Morgan fingerprint density at radius 2 is 1.95 bits per heavy atom. The molecule has 4 nitrogen and oxygen atoms in total. The molecular formula is C15H25N3OS. The van der Waals surface area contributed by atoms with Crippen molar-refractivity contribution in [3.8, 4) is 0 Å². The number of likely N-dealkylation sites (N-methyl/N-ethyl adjacent to an activating group) is 1. The second-order valence-electron chi connectivity index (χ2n) is 5.73. The third-order valence-corrected chi connectivity index (χ3v) is 4.81. The average molecular weight is 295 g/mol. The molecule has 0 radical (unpaired) electrons. The van der Waals surface area contributed by atoms with Gasteiger partial charge >= 0.3 is 0 Å². The summed E-state index contributed by atoms with van der Waals surface area (Å²) >= 11 is 1.82.